The fourth-order valence-electron chi connectivity index (χ4n) is 3.14. The van der Waals surface area contributed by atoms with Crippen LogP contribution in [0.1, 0.15) is 54.4 Å². The van der Waals surface area contributed by atoms with Gasteiger partial charge < -0.3 is 10.4 Å². The second-order valence-corrected chi connectivity index (χ2v) is 7.68. The van der Waals surface area contributed by atoms with E-state index < -0.39 is 10.7 Å². The van der Waals surface area contributed by atoms with Crippen molar-refractivity contribution in [1.82, 2.24) is 5.32 Å². The van der Waals surface area contributed by atoms with Crippen molar-refractivity contribution in [2.45, 2.75) is 60.4 Å². The minimum absolute atomic E-state index is 0.00610. The van der Waals surface area contributed by atoms with Crippen molar-refractivity contribution in [2.24, 2.45) is 16.7 Å². The normalized spacial score (nSPS) is 14.2. The minimum atomic E-state index is -0.447. The first-order valence-electron chi connectivity index (χ1n) is 7.06. The van der Waals surface area contributed by atoms with Crippen molar-refractivity contribution in [1.29, 1.82) is 0 Å². The van der Waals surface area contributed by atoms with E-state index in [0.29, 0.717) is 12.8 Å². The highest BCUT2D eigenvalue weighted by atomic mass is 32.1. The number of hydrogen-bond acceptors (Lipinski definition) is 3. The lowest BCUT2D eigenvalue weighted by Gasteiger charge is -2.37. The Balaban J connectivity index is 4.79. The summed E-state index contributed by atoms with van der Waals surface area (Å²) < 4.78 is 0. The van der Waals surface area contributed by atoms with E-state index in [9.17, 15) is 14.7 Å². The third-order valence-electron chi connectivity index (χ3n) is 3.46. The van der Waals surface area contributed by atoms with Crippen molar-refractivity contribution in [3.63, 3.8) is 0 Å². The molecule has 0 fully saturated rings. The molecule has 0 bridgehead atoms. The molecule has 0 radical (unpaired) electrons. The van der Waals surface area contributed by atoms with Crippen LogP contribution in [0.3, 0.4) is 0 Å². The Morgan fingerprint density at radius 1 is 1.20 bits per heavy atom. The molecule has 0 saturated heterocycles. The van der Waals surface area contributed by atoms with Gasteiger partial charge in [-0.2, -0.15) is 0 Å². The molecule has 0 aromatic rings. The zero-order valence-electron chi connectivity index (χ0n) is 13.5. The highest BCUT2D eigenvalue weighted by molar-refractivity contribution is 7.96. The molecule has 0 saturated carbocycles. The number of hydrogen-bond donors (Lipinski definition) is 3. The summed E-state index contributed by atoms with van der Waals surface area (Å²) in [6.45, 7) is 11.7. The van der Waals surface area contributed by atoms with Gasteiger partial charge in [0.15, 0.2) is 0 Å². The van der Waals surface area contributed by atoms with E-state index in [0.717, 1.165) is 0 Å². The van der Waals surface area contributed by atoms with E-state index >= 15 is 0 Å². The molecule has 1 atom stereocenters. The maximum atomic E-state index is 12.2. The smallest absolute Gasteiger partial charge is 0.276 e. The van der Waals surface area contributed by atoms with Crippen molar-refractivity contribution in [3.05, 3.63) is 0 Å². The van der Waals surface area contributed by atoms with Crippen molar-refractivity contribution >= 4 is 23.7 Å². The van der Waals surface area contributed by atoms with E-state index in [1.54, 1.807) is 0 Å². The summed E-state index contributed by atoms with van der Waals surface area (Å²) in [6, 6.07) is -0.333. The van der Waals surface area contributed by atoms with Gasteiger partial charge in [-0.15, -0.1) is 0 Å². The summed E-state index contributed by atoms with van der Waals surface area (Å²) in [6.07, 6.45) is 1.31. The van der Waals surface area contributed by atoms with Crippen LogP contribution >= 0.6 is 12.6 Å². The third kappa shape index (κ3) is 6.75. The van der Waals surface area contributed by atoms with Gasteiger partial charge in [-0.3, -0.25) is 9.59 Å². The number of carbonyl (C=O) groups is 2. The number of nitrogens with one attached hydrogen (secondary N) is 1. The summed E-state index contributed by atoms with van der Waals surface area (Å²) in [7, 11) is 0. The second-order valence-electron chi connectivity index (χ2n) is 7.28. The van der Waals surface area contributed by atoms with Crippen LogP contribution in [0.15, 0.2) is 0 Å². The zero-order valence-corrected chi connectivity index (χ0v) is 14.4. The Labute approximate surface area is 128 Å². The van der Waals surface area contributed by atoms with Crippen LogP contribution in [-0.2, 0) is 4.79 Å². The Bertz CT molecular complexity index is 351. The van der Waals surface area contributed by atoms with Crippen LogP contribution in [-0.4, -0.2) is 28.8 Å². The first-order chi connectivity index (χ1) is 8.91. The van der Waals surface area contributed by atoms with Gasteiger partial charge in [0, 0.05) is 11.3 Å². The maximum Gasteiger partial charge on any atom is 0.276 e. The quantitative estimate of drug-likeness (QED) is 0.604. The van der Waals surface area contributed by atoms with Crippen LogP contribution in [0.5, 0.6) is 0 Å². The fraction of sp³-hybridized carbons (Fsp3) is 0.867. The topological polar surface area (TPSA) is 66.4 Å². The Kier molecular flexibility index (Phi) is 7.25. The van der Waals surface area contributed by atoms with E-state index in [1.165, 1.54) is 0 Å². The summed E-state index contributed by atoms with van der Waals surface area (Å²) in [5, 5.41) is 11.5. The molecule has 0 aliphatic carbocycles. The van der Waals surface area contributed by atoms with Gasteiger partial charge in [-0.1, -0.05) is 54.2 Å². The van der Waals surface area contributed by atoms with Crippen LogP contribution in [0.4, 0.5) is 4.79 Å². The van der Waals surface area contributed by atoms with E-state index in [4.69, 9.17) is 0 Å². The molecule has 0 heterocycles. The molecule has 0 aliphatic heterocycles. The van der Waals surface area contributed by atoms with Crippen molar-refractivity contribution in [3.8, 4) is 0 Å². The molecule has 0 aromatic carbocycles. The molecule has 0 aromatic heterocycles. The fourth-order valence-corrected chi connectivity index (χ4v) is 3.32. The van der Waals surface area contributed by atoms with Gasteiger partial charge in [0.1, 0.15) is 5.78 Å². The highest BCUT2D eigenvalue weighted by Crippen LogP contribution is 2.38. The van der Waals surface area contributed by atoms with Gasteiger partial charge in [0.05, 0.1) is 12.6 Å². The van der Waals surface area contributed by atoms with Gasteiger partial charge in [0.2, 0.25) is 0 Å². The number of aliphatic hydroxyl groups excluding tert-OH is 1. The summed E-state index contributed by atoms with van der Waals surface area (Å²) in [5.74, 6) is 0.246. The lowest BCUT2D eigenvalue weighted by molar-refractivity contribution is -0.132. The predicted octanol–water partition coefficient (Wildman–Crippen LogP) is 3.04. The van der Waals surface area contributed by atoms with E-state index in [1.807, 2.05) is 27.7 Å². The zero-order chi connectivity index (χ0) is 16.1. The second kappa shape index (κ2) is 7.46. The maximum absolute atomic E-state index is 12.2. The van der Waals surface area contributed by atoms with Gasteiger partial charge >= 0.3 is 0 Å². The van der Waals surface area contributed by atoms with Crippen molar-refractivity contribution < 1.29 is 14.7 Å². The largest absolute Gasteiger partial charge is 0.394 e. The van der Waals surface area contributed by atoms with Crippen LogP contribution in [0, 0.1) is 16.7 Å². The number of aliphatic hydroxyl groups is 1. The predicted molar refractivity (Wildman–Crippen MR) is 85.0 cm³/mol. The standard InChI is InChI=1S/C15H29NO3S/c1-10(2)12(18)15(5,6)9-14(3,4)7-11(8-17)16-13(19)20/h10-11,17H,7-9H2,1-6H3,(H2,16,19,20). The first kappa shape index (κ1) is 19.4. The SMILES string of the molecule is CC(C)C(=O)C(C)(C)CC(C)(C)CC(CO)NC(=O)S. The molecule has 0 aliphatic rings. The monoisotopic (exact) mass is 303 g/mol. The molecule has 2 N–H and O–H groups in total. The molecular formula is C15H29NO3S. The lowest BCUT2D eigenvalue weighted by Crippen LogP contribution is -2.40. The number of rotatable bonds is 8. The summed E-state index contributed by atoms with van der Waals surface area (Å²) in [4.78, 5) is 23.2. The number of amides is 1. The lowest BCUT2D eigenvalue weighted by atomic mass is 9.68. The molecule has 5 heteroatoms. The van der Waals surface area contributed by atoms with Gasteiger partial charge in [-0.25, -0.2) is 0 Å². The molecule has 0 spiro atoms. The molecule has 0 rings (SSSR count). The molecular weight excluding hydrogens is 274 g/mol. The molecule has 20 heavy (non-hydrogen) atoms. The van der Waals surface area contributed by atoms with Crippen LogP contribution < -0.4 is 5.32 Å². The molecule has 1 unspecified atom stereocenters. The summed E-state index contributed by atoms with van der Waals surface area (Å²) in [5.41, 5.74) is -0.583. The first-order valence-corrected chi connectivity index (χ1v) is 7.50. The van der Waals surface area contributed by atoms with Crippen LogP contribution in [0.2, 0.25) is 0 Å². The van der Waals surface area contributed by atoms with Gasteiger partial charge in [-0.05, 0) is 18.3 Å². The van der Waals surface area contributed by atoms with E-state index in [2.05, 4.69) is 31.8 Å². The number of carbonyl (C=O) groups excluding carboxylic acids is 2. The Morgan fingerprint density at radius 3 is 2.05 bits per heavy atom. The molecule has 118 valence electrons. The molecule has 4 nitrogen and oxygen atoms in total. The minimum Gasteiger partial charge on any atom is -0.394 e. The van der Waals surface area contributed by atoms with Gasteiger partial charge in [0.25, 0.3) is 5.24 Å². The summed E-state index contributed by atoms with van der Waals surface area (Å²) >= 11 is 3.67. The highest BCUT2D eigenvalue weighted by Gasteiger charge is 2.36. The van der Waals surface area contributed by atoms with Crippen molar-refractivity contribution in [2.75, 3.05) is 6.61 Å². The Hall–Kier alpha value is -0.550. The Morgan fingerprint density at radius 2 is 1.70 bits per heavy atom. The average molecular weight is 303 g/mol. The number of Topliss-reactive ketones (excluding diaryl/α,β-unsaturated/α-hetero) is 1. The van der Waals surface area contributed by atoms with E-state index in [-0.39, 0.29) is 29.8 Å². The third-order valence-corrected chi connectivity index (χ3v) is 3.59. The number of ketones is 1. The molecule has 1 amide bonds. The van der Waals surface area contributed by atoms with Crippen LogP contribution in [0.25, 0.3) is 0 Å². The number of thiol groups is 1. The average Bonchev–Trinajstić information content (AvgIpc) is 2.24.